The van der Waals surface area contributed by atoms with Gasteiger partial charge in [-0.1, -0.05) is 28.9 Å². The third-order valence-corrected chi connectivity index (χ3v) is 3.01. The predicted octanol–water partition coefficient (Wildman–Crippen LogP) is 2.47. The highest BCUT2D eigenvalue weighted by Gasteiger charge is 2.13. The van der Waals surface area contributed by atoms with Crippen LogP contribution >= 0.6 is 11.6 Å². The van der Waals surface area contributed by atoms with Gasteiger partial charge in [0.2, 0.25) is 0 Å². The van der Waals surface area contributed by atoms with E-state index in [1.807, 2.05) is 12.1 Å². The van der Waals surface area contributed by atoms with Crippen LogP contribution in [0.3, 0.4) is 0 Å². The SMILES string of the molecule is Cc1noc(NC(=O)c2cnn(-c3ccccc3Cl)c2)n1. The zero-order chi connectivity index (χ0) is 14.8. The molecule has 0 aliphatic rings. The molecular weight excluding hydrogens is 294 g/mol. The number of aromatic nitrogens is 4. The van der Waals surface area contributed by atoms with Crippen LogP contribution in [-0.4, -0.2) is 25.8 Å². The molecule has 0 unspecified atom stereocenters. The smallest absolute Gasteiger partial charge is 0.315 e. The summed E-state index contributed by atoms with van der Waals surface area (Å²) < 4.78 is 6.35. The second kappa shape index (κ2) is 5.37. The van der Waals surface area contributed by atoms with Crippen LogP contribution in [0.2, 0.25) is 5.02 Å². The molecule has 106 valence electrons. The van der Waals surface area contributed by atoms with Crippen molar-refractivity contribution in [2.45, 2.75) is 6.92 Å². The lowest BCUT2D eigenvalue weighted by molar-refractivity contribution is 0.102. The highest BCUT2D eigenvalue weighted by atomic mass is 35.5. The molecule has 1 aromatic carbocycles. The summed E-state index contributed by atoms with van der Waals surface area (Å²) in [5, 5.41) is 10.7. The highest BCUT2D eigenvalue weighted by Crippen LogP contribution is 2.19. The van der Waals surface area contributed by atoms with Crippen LogP contribution < -0.4 is 5.32 Å². The molecule has 2 aromatic heterocycles. The van der Waals surface area contributed by atoms with Crippen molar-refractivity contribution in [3.05, 3.63) is 53.1 Å². The molecule has 0 aliphatic carbocycles. The van der Waals surface area contributed by atoms with Crippen LogP contribution in [0.4, 0.5) is 6.01 Å². The fourth-order valence-corrected chi connectivity index (χ4v) is 1.95. The quantitative estimate of drug-likeness (QED) is 0.803. The average molecular weight is 304 g/mol. The normalized spacial score (nSPS) is 10.6. The molecule has 2 heterocycles. The molecule has 0 bridgehead atoms. The van der Waals surface area contributed by atoms with Gasteiger partial charge in [-0.05, 0) is 19.1 Å². The molecule has 3 aromatic rings. The van der Waals surface area contributed by atoms with Crippen molar-refractivity contribution in [3.63, 3.8) is 0 Å². The minimum atomic E-state index is -0.392. The van der Waals surface area contributed by atoms with Gasteiger partial charge in [0.05, 0.1) is 22.5 Å². The van der Waals surface area contributed by atoms with E-state index in [1.54, 1.807) is 25.3 Å². The number of anilines is 1. The molecule has 0 radical (unpaired) electrons. The van der Waals surface area contributed by atoms with E-state index in [9.17, 15) is 4.79 Å². The van der Waals surface area contributed by atoms with Crippen molar-refractivity contribution in [3.8, 4) is 5.69 Å². The third-order valence-electron chi connectivity index (χ3n) is 2.69. The maximum atomic E-state index is 12.0. The van der Waals surface area contributed by atoms with Crippen LogP contribution in [0.25, 0.3) is 5.69 Å². The lowest BCUT2D eigenvalue weighted by Gasteiger charge is -2.02. The van der Waals surface area contributed by atoms with Gasteiger partial charge >= 0.3 is 6.01 Å². The fraction of sp³-hybridized carbons (Fsp3) is 0.0769. The van der Waals surface area contributed by atoms with E-state index in [-0.39, 0.29) is 6.01 Å². The number of amides is 1. The zero-order valence-corrected chi connectivity index (χ0v) is 11.7. The topological polar surface area (TPSA) is 85.8 Å². The molecule has 0 atom stereocenters. The first-order valence-electron chi connectivity index (χ1n) is 6.05. The first-order valence-corrected chi connectivity index (χ1v) is 6.42. The molecule has 0 saturated carbocycles. The molecule has 1 amide bonds. The van der Waals surface area contributed by atoms with Crippen LogP contribution in [-0.2, 0) is 0 Å². The van der Waals surface area contributed by atoms with Gasteiger partial charge in [-0.3, -0.25) is 10.1 Å². The monoisotopic (exact) mass is 303 g/mol. The molecule has 0 spiro atoms. The maximum Gasteiger partial charge on any atom is 0.328 e. The Hall–Kier alpha value is -2.67. The van der Waals surface area contributed by atoms with Gasteiger partial charge in [0.15, 0.2) is 5.82 Å². The van der Waals surface area contributed by atoms with E-state index < -0.39 is 5.91 Å². The largest absolute Gasteiger partial charge is 0.328 e. The summed E-state index contributed by atoms with van der Waals surface area (Å²) in [6, 6.07) is 7.26. The number of carbonyl (C=O) groups is 1. The molecule has 3 rings (SSSR count). The second-order valence-electron chi connectivity index (χ2n) is 4.23. The van der Waals surface area contributed by atoms with Gasteiger partial charge in [0.1, 0.15) is 0 Å². The van der Waals surface area contributed by atoms with Crippen molar-refractivity contribution >= 4 is 23.5 Å². The Kier molecular flexibility index (Phi) is 3.41. The minimum Gasteiger partial charge on any atom is -0.315 e. The molecule has 8 heteroatoms. The Balaban J connectivity index is 1.82. The Bertz CT molecular complexity index is 795. The van der Waals surface area contributed by atoms with Gasteiger partial charge < -0.3 is 4.52 Å². The number of hydrogen-bond acceptors (Lipinski definition) is 5. The summed E-state index contributed by atoms with van der Waals surface area (Å²) in [6.07, 6.45) is 3.00. The summed E-state index contributed by atoms with van der Waals surface area (Å²) in [4.78, 5) is 15.9. The number of nitrogens with one attached hydrogen (secondary N) is 1. The molecule has 0 saturated heterocycles. The zero-order valence-electron chi connectivity index (χ0n) is 10.9. The summed E-state index contributed by atoms with van der Waals surface area (Å²) in [6.45, 7) is 1.66. The first kappa shape index (κ1) is 13.3. The van der Waals surface area contributed by atoms with Crippen LogP contribution in [0.15, 0.2) is 41.2 Å². The minimum absolute atomic E-state index is 0.0444. The number of benzene rings is 1. The molecule has 0 aliphatic heterocycles. The van der Waals surface area contributed by atoms with Crippen molar-refractivity contribution in [1.29, 1.82) is 0 Å². The lowest BCUT2D eigenvalue weighted by Crippen LogP contribution is -2.11. The summed E-state index contributed by atoms with van der Waals surface area (Å²) in [5.41, 5.74) is 1.04. The van der Waals surface area contributed by atoms with Gasteiger partial charge in [-0.2, -0.15) is 10.1 Å². The van der Waals surface area contributed by atoms with Crippen molar-refractivity contribution in [2.75, 3.05) is 5.32 Å². The Labute approximate surface area is 124 Å². The molecule has 1 N–H and O–H groups in total. The number of rotatable bonds is 3. The Morgan fingerprint density at radius 3 is 2.90 bits per heavy atom. The van der Waals surface area contributed by atoms with Gasteiger partial charge in [0.25, 0.3) is 5.91 Å². The number of halogens is 1. The van der Waals surface area contributed by atoms with Crippen molar-refractivity contribution < 1.29 is 9.32 Å². The van der Waals surface area contributed by atoms with Gasteiger partial charge in [-0.15, -0.1) is 0 Å². The van der Waals surface area contributed by atoms with Crippen LogP contribution in [0, 0.1) is 6.92 Å². The number of para-hydroxylation sites is 1. The predicted molar refractivity (Wildman–Crippen MR) is 75.6 cm³/mol. The summed E-state index contributed by atoms with van der Waals surface area (Å²) in [5.74, 6) is 0.0500. The number of aryl methyl sites for hydroxylation is 1. The van der Waals surface area contributed by atoms with E-state index in [4.69, 9.17) is 16.1 Å². The highest BCUT2D eigenvalue weighted by molar-refractivity contribution is 6.32. The average Bonchev–Trinajstić information content (AvgIpc) is 3.09. The van der Waals surface area contributed by atoms with Gasteiger partial charge in [-0.25, -0.2) is 4.68 Å². The van der Waals surface area contributed by atoms with Crippen molar-refractivity contribution in [2.24, 2.45) is 0 Å². The molecule has 0 fully saturated rings. The van der Waals surface area contributed by atoms with E-state index >= 15 is 0 Å². The molecule has 21 heavy (non-hydrogen) atoms. The van der Waals surface area contributed by atoms with E-state index in [0.29, 0.717) is 22.1 Å². The Morgan fingerprint density at radius 2 is 2.19 bits per heavy atom. The number of carbonyl (C=O) groups excluding carboxylic acids is 1. The maximum absolute atomic E-state index is 12.0. The van der Waals surface area contributed by atoms with Gasteiger partial charge in [0, 0.05) is 6.20 Å². The first-order chi connectivity index (χ1) is 10.1. The summed E-state index contributed by atoms with van der Waals surface area (Å²) in [7, 11) is 0. The summed E-state index contributed by atoms with van der Waals surface area (Å²) >= 11 is 6.09. The molecular formula is C13H10ClN5O2. The molecule has 7 nitrogen and oxygen atoms in total. The van der Waals surface area contributed by atoms with E-state index in [1.165, 1.54) is 10.9 Å². The van der Waals surface area contributed by atoms with E-state index in [0.717, 1.165) is 0 Å². The second-order valence-corrected chi connectivity index (χ2v) is 4.63. The van der Waals surface area contributed by atoms with Crippen molar-refractivity contribution in [1.82, 2.24) is 19.9 Å². The van der Waals surface area contributed by atoms with Crippen LogP contribution in [0.5, 0.6) is 0 Å². The fourth-order valence-electron chi connectivity index (χ4n) is 1.73. The van der Waals surface area contributed by atoms with Crippen LogP contribution in [0.1, 0.15) is 16.2 Å². The lowest BCUT2D eigenvalue weighted by atomic mass is 10.3. The third kappa shape index (κ3) is 2.77. The Morgan fingerprint density at radius 1 is 1.38 bits per heavy atom. The van der Waals surface area contributed by atoms with E-state index in [2.05, 4.69) is 20.6 Å². The number of hydrogen-bond donors (Lipinski definition) is 1. The standard InChI is InChI=1S/C13H10ClN5O2/c1-8-16-13(21-18-8)17-12(20)9-6-15-19(7-9)11-5-3-2-4-10(11)14/h2-7H,1H3,(H,16,17,18,20). The number of nitrogens with zero attached hydrogens (tertiary/aromatic N) is 4.